The Hall–Kier alpha value is -1.25. The summed E-state index contributed by atoms with van der Waals surface area (Å²) >= 11 is 0. The van der Waals surface area contributed by atoms with Gasteiger partial charge in [0.2, 0.25) is 0 Å². The molecular weight excluding hydrogens is 189 g/mol. The van der Waals surface area contributed by atoms with E-state index in [4.69, 9.17) is 0 Å². The summed E-state index contributed by atoms with van der Waals surface area (Å²) in [4.78, 5) is 0. The van der Waals surface area contributed by atoms with Crippen molar-refractivity contribution in [2.75, 3.05) is 0 Å². The van der Waals surface area contributed by atoms with E-state index in [2.05, 4.69) is 0 Å². The Morgan fingerprint density at radius 3 is 1.71 bits per heavy atom. The first-order valence-electron chi connectivity index (χ1n) is 4.22. The van der Waals surface area contributed by atoms with Gasteiger partial charge in [0.05, 0.1) is 0 Å². The molecule has 0 nitrogen and oxygen atoms in total. The summed E-state index contributed by atoms with van der Waals surface area (Å²) in [5.74, 6) is -2.62. The van der Waals surface area contributed by atoms with Crippen LogP contribution >= 0.6 is 0 Å². The molecule has 1 rings (SSSR count). The lowest BCUT2D eigenvalue weighted by Crippen LogP contribution is -1.96. The van der Waals surface area contributed by atoms with Crippen molar-refractivity contribution in [2.24, 2.45) is 0 Å². The largest absolute Gasteiger partial charge is 0.207 e. The van der Waals surface area contributed by atoms with Gasteiger partial charge in [-0.15, -0.1) is 0 Å². The molecule has 14 heavy (non-hydrogen) atoms. The molecule has 76 valence electrons. The van der Waals surface area contributed by atoms with E-state index >= 15 is 0 Å². The molecule has 0 N–H and O–H groups in total. The van der Waals surface area contributed by atoms with Gasteiger partial charge in [-0.2, -0.15) is 0 Å². The minimum Gasteiger partial charge on any atom is -0.207 e. The topological polar surface area (TPSA) is 0 Å². The third-order valence-electron chi connectivity index (χ3n) is 2.13. The number of hydrogen-bond acceptors (Lipinski definition) is 0. The van der Waals surface area contributed by atoms with E-state index in [1.165, 1.54) is 0 Å². The van der Waals surface area contributed by atoms with Crippen molar-refractivity contribution in [3.05, 3.63) is 40.7 Å². The molecule has 0 aliphatic carbocycles. The fourth-order valence-corrected chi connectivity index (χ4v) is 1.15. The highest BCUT2D eigenvalue weighted by Gasteiger charge is 2.13. The van der Waals surface area contributed by atoms with E-state index in [9.17, 15) is 13.2 Å². The van der Waals surface area contributed by atoms with Crippen LogP contribution in [0.3, 0.4) is 0 Å². The van der Waals surface area contributed by atoms with Crippen LogP contribution in [-0.4, -0.2) is 0 Å². The van der Waals surface area contributed by atoms with E-state index in [0.29, 0.717) is 17.7 Å². The minimum absolute atomic E-state index is 0.147. The zero-order chi connectivity index (χ0) is 10.9. The molecule has 0 aliphatic heterocycles. The van der Waals surface area contributed by atoms with E-state index in [1.54, 1.807) is 20.8 Å². The average Bonchev–Trinajstić information content (AvgIpc) is 2.01. The maximum absolute atomic E-state index is 13.2. The molecular formula is C11H11F3. The summed E-state index contributed by atoms with van der Waals surface area (Å²) in [5, 5.41) is 0. The summed E-state index contributed by atoms with van der Waals surface area (Å²) in [7, 11) is 0. The van der Waals surface area contributed by atoms with Crippen LogP contribution in [0.5, 0.6) is 0 Å². The summed E-state index contributed by atoms with van der Waals surface area (Å²) in [5.41, 5.74) is 1.15. The summed E-state index contributed by atoms with van der Waals surface area (Å²) < 4.78 is 39.0. The van der Waals surface area contributed by atoms with Gasteiger partial charge in [0.25, 0.3) is 0 Å². The lowest BCUT2D eigenvalue weighted by Gasteiger charge is -2.07. The second-order valence-electron chi connectivity index (χ2n) is 3.37. The molecule has 0 aliphatic rings. The van der Waals surface area contributed by atoms with Gasteiger partial charge in [0.1, 0.15) is 17.5 Å². The van der Waals surface area contributed by atoms with Crippen LogP contribution in [0.25, 0.3) is 5.57 Å². The molecule has 0 bridgehead atoms. The van der Waals surface area contributed by atoms with Crippen LogP contribution in [-0.2, 0) is 0 Å². The monoisotopic (exact) mass is 200 g/mol. The molecule has 0 heterocycles. The first kappa shape index (κ1) is 10.8. The van der Waals surface area contributed by atoms with Crippen LogP contribution < -0.4 is 0 Å². The van der Waals surface area contributed by atoms with Crippen molar-refractivity contribution >= 4 is 5.57 Å². The minimum atomic E-state index is -0.898. The maximum Gasteiger partial charge on any atom is 0.136 e. The van der Waals surface area contributed by atoms with Gasteiger partial charge in [-0.3, -0.25) is 0 Å². The van der Waals surface area contributed by atoms with Crippen LogP contribution in [0.15, 0.2) is 17.7 Å². The van der Waals surface area contributed by atoms with E-state index in [0.717, 1.165) is 5.57 Å². The van der Waals surface area contributed by atoms with Crippen molar-refractivity contribution in [1.82, 2.24) is 0 Å². The predicted octanol–water partition coefficient (Wildman–Crippen LogP) is 3.92. The SMILES string of the molecule is CC(C)=C(C)c1c(F)cc(F)cc1F. The van der Waals surface area contributed by atoms with Crippen molar-refractivity contribution in [2.45, 2.75) is 20.8 Å². The highest BCUT2D eigenvalue weighted by molar-refractivity contribution is 5.67. The molecule has 0 spiro atoms. The second kappa shape index (κ2) is 3.86. The smallest absolute Gasteiger partial charge is 0.136 e. The first-order valence-corrected chi connectivity index (χ1v) is 4.22. The maximum atomic E-state index is 13.2. The Morgan fingerprint density at radius 1 is 0.929 bits per heavy atom. The van der Waals surface area contributed by atoms with Gasteiger partial charge in [-0.1, -0.05) is 5.57 Å². The van der Waals surface area contributed by atoms with Crippen LogP contribution in [0.2, 0.25) is 0 Å². The Bertz CT molecular complexity index is 365. The summed E-state index contributed by atoms with van der Waals surface area (Å²) in [6, 6.07) is 1.37. The van der Waals surface area contributed by atoms with E-state index < -0.39 is 17.5 Å². The quantitative estimate of drug-likeness (QED) is 0.644. The standard InChI is InChI=1S/C11H11F3/c1-6(2)7(3)11-9(13)4-8(12)5-10(11)14/h4-5H,1-3H3. The fourth-order valence-electron chi connectivity index (χ4n) is 1.15. The number of hydrogen-bond donors (Lipinski definition) is 0. The van der Waals surface area contributed by atoms with Gasteiger partial charge in [0, 0.05) is 17.7 Å². The van der Waals surface area contributed by atoms with Crippen molar-refractivity contribution in [3.63, 3.8) is 0 Å². The predicted molar refractivity (Wildman–Crippen MR) is 50.3 cm³/mol. The Morgan fingerprint density at radius 2 is 1.36 bits per heavy atom. The number of rotatable bonds is 1. The van der Waals surface area contributed by atoms with Gasteiger partial charge < -0.3 is 0 Å². The zero-order valence-corrected chi connectivity index (χ0v) is 8.29. The Balaban J connectivity index is 3.43. The van der Waals surface area contributed by atoms with Crippen molar-refractivity contribution in [1.29, 1.82) is 0 Å². The van der Waals surface area contributed by atoms with Crippen LogP contribution in [0.4, 0.5) is 13.2 Å². The van der Waals surface area contributed by atoms with Gasteiger partial charge in [-0.25, -0.2) is 13.2 Å². The van der Waals surface area contributed by atoms with Gasteiger partial charge in [0.15, 0.2) is 0 Å². The molecule has 3 heteroatoms. The van der Waals surface area contributed by atoms with Crippen LogP contribution in [0.1, 0.15) is 26.3 Å². The first-order chi connectivity index (χ1) is 6.43. The highest BCUT2D eigenvalue weighted by atomic mass is 19.1. The molecule has 1 aromatic carbocycles. The van der Waals surface area contributed by atoms with E-state index in [-0.39, 0.29) is 5.56 Å². The van der Waals surface area contributed by atoms with Gasteiger partial charge >= 0.3 is 0 Å². The molecule has 0 atom stereocenters. The molecule has 0 amide bonds. The molecule has 0 unspecified atom stereocenters. The van der Waals surface area contributed by atoms with Crippen molar-refractivity contribution in [3.8, 4) is 0 Å². The molecule has 0 saturated carbocycles. The molecule has 0 saturated heterocycles. The lowest BCUT2D eigenvalue weighted by molar-refractivity contribution is 0.538. The number of halogens is 3. The third kappa shape index (κ3) is 1.97. The zero-order valence-electron chi connectivity index (χ0n) is 8.29. The Kier molecular flexibility index (Phi) is 2.99. The average molecular weight is 200 g/mol. The molecule has 0 fully saturated rings. The molecule has 0 aromatic heterocycles. The normalized spacial score (nSPS) is 10.1. The summed E-state index contributed by atoms with van der Waals surface area (Å²) in [6.45, 7) is 5.10. The van der Waals surface area contributed by atoms with Gasteiger partial charge in [-0.05, 0) is 26.3 Å². The number of benzene rings is 1. The summed E-state index contributed by atoms with van der Waals surface area (Å²) in [6.07, 6.45) is 0. The van der Waals surface area contributed by atoms with E-state index in [1.807, 2.05) is 0 Å². The van der Waals surface area contributed by atoms with Crippen LogP contribution in [0, 0.1) is 17.5 Å². The van der Waals surface area contributed by atoms with Crippen molar-refractivity contribution < 1.29 is 13.2 Å². The highest BCUT2D eigenvalue weighted by Crippen LogP contribution is 2.24. The Labute approximate surface area is 81.1 Å². The number of allylic oxidation sites excluding steroid dienone is 2. The molecule has 0 radical (unpaired) electrons. The fraction of sp³-hybridized carbons (Fsp3) is 0.273. The lowest BCUT2D eigenvalue weighted by atomic mass is 10.0. The third-order valence-corrected chi connectivity index (χ3v) is 2.13. The molecule has 1 aromatic rings. The second-order valence-corrected chi connectivity index (χ2v) is 3.37.